The van der Waals surface area contributed by atoms with Crippen molar-refractivity contribution in [2.24, 2.45) is 10.8 Å². The van der Waals surface area contributed by atoms with Crippen molar-refractivity contribution >= 4 is 107 Å². The molecule has 12 rings (SSSR count). The molecule has 7 aromatic rings. The number of β-amino-alcohol motifs (C(OH)–C–C–N with tert-alkyl or cyclic N) is 1. The minimum absolute atomic E-state index is 0.0295. The fourth-order valence-electron chi connectivity index (χ4n) is 16.2. The number of anilines is 3. The van der Waals surface area contributed by atoms with Crippen molar-refractivity contribution in [3.05, 3.63) is 178 Å². The van der Waals surface area contributed by atoms with Gasteiger partial charge in [0.1, 0.15) is 17.0 Å². The summed E-state index contributed by atoms with van der Waals surface area (Å²) in [5.74, 6) is -1.64. The molecule has 26 nitrogen and oxygen atoms in total. The van der Waals surface area contributed by atoms with Crippen LogP contribution >= 0.6 is 34.7 Å². The van der Waals surface area contributed by atoms with E-state index in [1.54, 1.807) is 47.0 Å². The third kappa shape index (κ3) is 23.8. The smallest absolute Gasteiger partial charge is 0.391 e. The van der Waals surface area contributed by atoms with E-state index in [0.717, 1.165) is 135 Å². The molecule has 34 heteroatoms. The van der Waals surface area contributed by atoms with E-state index in [0.29, 0.717) is 88.0 Å². The Kier molecular flexibility index (Phi) is 30.3. The lowest BCUT2D eigenvalue weighted by molar-refractivity contribution is -0.144. The lowest BCUT2D eigenvalue weighted by Gasteiger charge is -2.44. The fourth-order valence-corrected chi connectivity index (χ4v) is 20.2. The number of aromatic nitrogens is 3. The summed E-state index contributed by atoms with van der Waals surface area (Å²) in [6, 6.07) is 34.7. The zero-order valence-corrected chi connectivity index (χ0v) is 72.9. The zero-order chi connectivity index (χ0) is 85.7. The number of thioether (sulfide) groups is 1. The number of halogens is 4. The number of amides is 5. The van der Waals surface area contributed by atoms with Gasteiger partial charge in [-0.15, -0.1) is 33.3 Å². The van der Waals surface area contributed by atoms with Gasteiger partial charge in [-0.05, 0) is 171 Å². The summed E-state index contributed by atoms with van der Waals surface area (Å²) in [7, 11) is -9.26. The van der Waals surface area contributed by atoms with Crippen LogP contribution in [0.15, 0.2) is 159 Å². The van der Waals surface area contributed by atoms with Crippen molar-refractivity contribution in [2.45, 2.75) is 137 Å². The summed E-state index contributed by atoms with van der Waals surface area (Å²) < 4.78 is 105. The standard InChI is InChI=1S/C86H109ClF3N15O11S4/c1-58(60-15-17-62(18-16-60)78-59(2)92-57-118-78)93-82(110)74-49-68(106)53-105(74)83(111)79(84(3,4)5)95-77(107)54-99(7)35-11-34-91-81(109)73-29-30-76(97-96-73)104-44-40-102(41-45-104)56-85(6)33-31-71(61-19-23-65(87)24-20-61)64(51-85)52-101-38-42-103(43-39-101)67-25-21-63(22-26-67)80(108)98-120(114,115)70-27-28-72(75(50-70)119(112,113)86(88,89)90)94-66(55-117-69-13-9-8-10-14-69)32-37-100-36-12-47-116-48-46-100/h8-10,13-30,50,57-58,66,68,74,79,94,106H,11-12,31-49,51-56H2,1-7H3,(H,91,109)(H,93,110)(H,95,107)(H,98,108)/t58-,66?,68+,74-,79?,85?/m0/s1. The average molecular weight is 1750 g/mol. The zero-order valence-electron chi connectivity index (χ0n) is 68.9. The Morgan fingerprint density at radius 2 is 1.49 bits per heavy atom. The lowest BCUT2D eigenvalue weighted by Crippen LogP contribution is -2.58. The number of likely N-dealkylation sites (tertiary alicyclic amines) is 1. The summed E-state index contributed by atoms with van der Waals surface area (Å²) >= 11 is 9.41. The molecule has 5 aliphatic rings. The van der Waals surface area contributed by atoms with Gasteiger partial charge in [0.25, 0.3) is 31.7 Å². The molecule has 646 valence electrons. The number of carbonyl (C=O) groups excluding carboxylic acids is 5. The normalized spacial score (nSPS) is 19.7. The van der Waals surface area contributed by atoms with Crippen LogP contribution in [-0.4, -0.2) is 258 Å². The molecule has 5 aromatic carbocycles. The number of rotatable bonds is 32. The molecule has 120 heavy (non-hydrogen) atoms. The highest BCUT2D eigenvalue weighted by Gasteiger charge is 2.49. The number of hydrogen-bond acceptors (Lipinski definition) is 23. The average Bonchev–Trinajstić information content (AvgIpc) is 1.09. The maximum absolute atomic E-state index is 14.5. The number of allylic oxidation sites excluding steroid dienone is 1. The van der Waals surface area contributed by atoms with Gasteiger partial charge in [0.15, 0.2) is 11.5 Å². The van der Waals surface area contributed by atoms with E-state index in [2.05, 4.69) is 80.0 Å². The van der Waals surface area contributed by atoms with Crippen LogP contribution in [0.5, 0.6) is 0 Å². The number of hydrogen-bond donors (Lipinski definition) is 6. The Hall–Kier alpha value is -8.61. The van der Waals surface area contributed by atoms with Gasteiger partial charge in [0.05, 0.1) is 52.0 Å². The Bertz CT molecular complexity index is 4950. The highest BCUT2D eigenvalue weighted by atomic mass is 35.5. The van der Waals surface area contributed by atoms with Crippen molar-refractivity contribution in [3.63, 3.8) is 0 Å². The number of sulfonamides is 1. The Labute approximate surface area is 714 Å². The molecule has 3 unspecified atom stereocenters. The van der Waals surface area contributed by atoms with Crippen molar-refractivity contribution in [2.75, 3.05) is 152 Å². The van der Waals surface area contributed by atoms with Gasteiger partial charge < -0.3 is 50.7 Å². The van der Waals surface area contributed by atoms with Gasteiger partial charge >= 0.3 is 5.51 Å². The van der Waals surface area contributed by atoms with Gasteiger partial charge in [-0.1, -0.05) is 99.5 Å². The number of thiazole rings is 1. The molecule has 4 saturated heterocycles. The van der Waals surface area contributed by atoms with E-state index in [4.69, 9.17) is 16.3 Å². The second kappa shape index (κ2) is 40.1. The van der Waals surface area contributed by atoms with E-state index < -0.39 is 88.2 Å². The lowest BCUT2D eigenvalue weighted by atomic mass is 9.71. The topological polar surface area (TPSA) is 305 Å². The number of nitrogens with one attached hydrogen (secondary N) is 5. The SMILES string of the molecule is Cc1ncsc1-c1ccc([C@H](C)NC(=O)[C@@H]2C[C@@H](O)CN2C(=O)C(NC(=O)CN(C)CCCNC(=O)c2ccc(N3CCN(CC4(C)CCC(c5ccc(Cl)cc5)=C(CN5CCN(c6ccc(C(=O)NS(=O)(=O)c7ccc(NC(CCN8CCCOCC8)CSc8ccccc8)c(S(=O)(=O)C(F)(F)F)c7)cc6)CC5)C4)CC3)nn2)C(C)(C)C)cc1. The first-order valence-corrected chi connectivity index (χ1v) is 46.0. The number of aliphatic hydroxyl groups excluding tert-OH is 1. The van der Waals surface area contributed by atoms with E-state index in [9.17, 15) is 59.1 Å². The van der Waals surface area contributed by atoms with E-state index in [1.807, 2.05) is 112 Å². The molecule has 0 saturated carbocycles. The monoisotopic (exact) mass is 1750 g/mol. The van der Waals surface area contributed by atoms with Gasteiger partial charge in [-0.25, -0.2) is 26.5 Å². The first kappa shape index (κ1) is 90.6. The number of aryl methyl sites for hydroxylation is 1. The quantitative estimate of drug-likeness (QED) is 0.0169. The number of alkyl halides is 3. The first-order chi connectivity index (χ1) is 57.1. The molecular weight excluding hydrogens is 1640 g/mol. The second-order valence-electron chi connectivity index (χ2n) is 33.3. The molecule has 4 aliphatic heterocycles. The Morgan fingerprint density at radius 3 is 2.17 bits per heavy atom. The van der Waals surface area contributed by atoms with Crippen LogP contribution in [-0.2, 0) is 39.0 Å². The van der Waals surface area contributed by atoms with Gasteiger partial charge in [0, 0.05) is 151 Å². The summed E-state index contributed by atoms with van der Waals surface area (Å²) in [5.41, 5.74) is 2.47. The molecule has 2 aromatic heterocycles. The molecule has 0 radical (unpaired) electrons. The summed E-state index contributed by atoms with van der Waals surface area (Å²) in [6.07, 6.45) is 3.65. The third-order valence-electron chi connectivity index (χ3n) is 22.9. The van der Waals surface area contributed by atoms with Crippen LogP contribution in [0.2, 0.25) is 5.02 Å². The van der Waals surface area contributed by atoms with E-state index in [-0.39, 0.29) is 54.0 Å². The number of piperazine rings is 2. The summed E-state index contributed by atoms with van der Waals surface area (Å²) in [4.78, 5) is 87.7. The first-order valence-electron chi connectivity index (χ1n) is 40.8. The largest absolute Gasteiger partial charge is 0.501 e. The van der Waals surface area contributed by atoms with E-state index >= 15 is 0 Å². The number of sulfone groups is 1. The predicted octanol–water partition coefficient (Wildman–Crippen LogP) is 10.7. The molecule has 5 amide bonds. The number of nitrogens with zero attached hydrogens (tertiary/aromatic N) is 10. The van der Waals surface area contributed by atoms with Crippen molar-refractivity contribution < 1.29 is 63.8 Å². The molecule has 6 heterocycles. The molecular formula is C86H109ClF3N15O11S4. The van der Waals surface area contributed by atoms with Gasteiger partial charge in [-0.3, -0.25) is 38.7 Å². The summed E-state index contributed by atoms with van der Waals surface area (Å²) in [6.45, 7) is 23.0. The van der Waals surface area contributed by atoms with Gasteiger partial charge in [-0.2, -0.15) is 13.2 Å². The van der Waals surface area contributed by atoms with Crippen molar-refractivity contribution in [3.8, 4) is 10.4 Å². The van der Waals surface area contributed by atoms with Crippen LogP contribution in [0.3, 0.4) is 0 Å². The predicted molar refractivity (Wildman–Crippen MR) is 462 cm³/mol. The molecule has 4 fully saturated rings. The molecule has 6 N–H and O–H groups in total. The second-order valence-corrected chi connectivity index (χ2v) is 39.2. The van der Waals surface area contributed by atoms with Gasteiger partial charge in [0.2, 0.25) is 17.7 Å². The maximum atomic E-state index is 14.5. The Morgan fingerprint density at radius 1 is 0.792 bits per heavy atom. The number of aliphatic hydroxyl groups is 1. The highest BCUT2D eigenvalue weighted by molar-refractivity contribution is 7.99. The maximum Gasteiger partial charge on any atom is 0.501 e. The van der Waals surface area contributed by atoms with Crippen LogP contribution < -0.4 is 35.8 Å². The van der Waals surface area contributed by atoms with Crippen LogP contribution in [0.25, 0.3) is 16.0 Å². The summed E-state index contributed by atoms with van der Waals surface area (Å²) in [5, 5.41) is 32.2. The molecule has 0 spiro atoms. The van der Waals surface area contributed by atoms with Crippen LogP contribution in [0, 0.1) is 17.8 Å². The van der Waals surface area contributed by atoms with Crippen molar-refractivity contribution in [1.82, 2.24) is 60.4 Å². The van der Waals surface area contributed by atoms with Crippen LogP contribution in [0.4, 0.5) is 30.4 Å². The van der Waals surface area contributed by atoms with E-state index in [1.165, 1.54) is 39.9 Å². The molecule has 1 aliphatic carbocycles. The number of likely N-dealkylation sites (N-methyl/N-ethyl adjacent to an activating group) is 1. The number of ether oxygens (including phenoxy) is 1. The number of carbonyl (C=O) groups is 5. The minimum Gasteiger partial charge on any atom is -0.391 e. The number of benzene rings is 5. The third-order valence-corrected chi connectivity index (χ3v) is 28.2. The molecule has 0 bridgehead atoms. The molecule has 6 atom stereocenters. The Balaban J connectivity index is 0.583. The minimum atomic E-state index is -6.12. The fraction of sp³-hybridized carbons (Fsp3) is 0.488. The highest BCUT2D eigenvalue weighted by Crippen LogP contribution is 2.45. The van der Waals surface area contributed by atoms with Crippen LogP contribution in [0.1, 0.15) is 123 Å². The van der Waals surface area contributed by atoms with Crippen molar-refractivity contribution in [1.29, 1.82) is 0 Å².